The van der Waals surface area contributed by atoms with Crippen LogP contribution in [0.1, 0.15) is 36.8 Å². The molecule has 2 aliphatic rings. The molecule has 1 aliphatic carbocycles. The Kier molecular flexibility index (Phi) is 5.69. The standard InChI is InChI=1S/C24H30O7/c1-12-13(2)21(15-9-19(28-6)23-24(22(15)29-7)31-11-30-23)20(12)14-8-17(26-4)18(27-5)10-16(14)25-3/h8-10,12-13,20-21H,11H2,1-7H3/t12-,13+,20?,21?/m0/s1. The summed E-state index contributed by atoms with van der Waals surface area (Å²) in [6, 6.07) is 5.92. The van der Waals surface area contributed by atoms with E-state index in [4.69, 9.17) is 33.2 Å². The van der Waals surface area contributed by atoms with Crippen molar-refractivity contribution in [2.24, 2.45) is 11.8 Å². The Morgan fingerprint density at radius 2 is 1.13 bits per heavy atom. The van der Waals surface area contributed by atoms with Crippen molar-refractivity contribution in [3.05, 3.63) is 29.3 Å². The van der Waals surface area contributed by atoms with Crippen molar-refractivity contribution >= 4 is 0 Å². The molecule has 7 nitrogen and oxygen atoms in total. The number of hydrogen-bond donors (Lipinski definition) is 0. The van der Waals surface area contributed by atoms with E-state index in [1.165, 1.54) is 0 Å². The SMILES string of the molecule is COc1cc(OC)c(C2C(c3cc(OC)c4c(c3OC)OCO4)[C@H](C)[C@@H]2C)cc1OC. The maximum atomic E-state index is 5.81. The monoisotopic (exact) mass is 430 g/mol. The summed E-state index contributed by atoms with van der Waals surface area (Å²) in [4.78, 5) is 0. The summed E-state index contributed by atoms with van der Waals surface area (Å²) in [5.74, 6) is 5.79. The lowest BCUT2D eigenvalue weighted by Crippen LogP contribution is -2.40. The normalized spacial score (nSPS) is 23.7. The van der Waals surface area contributed by atoms with Crippen LogP contribution in [-0.4, -0.2) is 42.3 Å². The van der Waals surface area contributed by atoms with Gasteiger partial charge in [-0.25, -0.2) is 0 Å². The second-order valence-corrected chi connectivity index (χ2v) is 7.99. The molecule has 0 bridgehead atoms. The number of ether oxygens (including phenoxy) is 7. The number of hydrogen-bond acceptors (Lipinski definition) is 7. The zero-order valence-corrected chi connectivity index (χ0v) is 19.1. The third-order valence-corrected chi connectivity index (χ3v) is 6.82. The molecule has 0 N–H and O–H groups in total. The predicted molar refractivity (Wildman–Crippen MR) is 116 cm³/mol. The largest absolute Gasteiger partial charge is 0.496 e. The molecule has 1 fully saturated rings. The summed E-state index contributed by atoms with van der Waals surface area (Å²) in [7, 11) is 8.24. The van der Waals surface area contributed by atoms with Gasteiger partial charge in [0, 0.05) is 17.2 Å². The van der Waals surface area contributed by atoms with Gasteiger partial charge in [0.1, 0.15) is 5.75 Å². The van der Waals surface area contributed by atoms with Gasteiger partial charge >= 0.3 is 0 Å². The fourth-order valence-corrected chi connectivity index (χ4v) is 5.07. The Bertz CT molecular complexity index is 971. The third-order valence-electron chi connectivity index (χ3n) is 6.82. The molecule has 0 saturated heterocycles. The molecule has 2 aromatic carbocycles. The molecule has 31 heavy (non-hydrogen) atoms. The van der Waals surface area contributed by atoms with E-state index in [2.05, 4.69) is 13.8 Å². The number of benzene rings is 2. The summed E-state index contributed by atoms with van der Waals surface area (Å²) in [5.41, 5.74) is 2.12. The van der Waals surface area contributed by atoms with Gasteiger partial charge in [-0.1, -0.05) is 13.8 Å². The third kappa shape index (κ3) is 3.18. The second-order valence-electron chi connectivity index (χ2n) is 7.99. The quantitative estimate of drug-likeness (QED) is 0.635. The fourth-order valence-electron chi connectivity index (χ4n) is 5.07. The smallest absolute Gasteiger partial charge is 0.231 e. The number of rotatable bonds is 7. The highest BCUT2D eigenvalue weighted by atomic mass is 16.7. The molecule has 1 saturated carbocycles. The van der Waals surface area contributed by atoms with E-state index in [0.29, 0.717) is 46.3 Å². The van der Waals surface area contributed by atoms with Gasteiger partial charge in [-0.3, -0.25) is 0 Å². The molecule has 168 valence electrons. The number of methoxy groups -OCH3 is 5. The van der Waals surface area contributed by atoms with Crippen LogP contribution in [0.5, 0.6) is 40.2 Å². The van der Waals surface area contributed by atoms with Crippen molar-refractivity contribution in [3.63, 3.8) is 0 Å². The molecule has 2 unspecified atom stereocenters. The maximum absolute atomic E-state index is 5.81. The molecule has 1 aliphatic heterocycles. The van der Waals surface area contributed by atoms with Gasteiger partial charge in [0.15, 0.2) is 23.0 Å². The number of fused-ring (bicyclic) bond motifs is 1. The summed E-state index contributed by atoms with van der Waals surface area (Å²) >= 11 is 0. The fraction of sp³-hybridized carbons (Fsp3) is 0.500. The van der Waals surface area contributed by atoms with Crippen molar-refractivity contribution in [3.8, 4) is 40.2 Å². The van der Waals surface area contributed by atoms with Gasteiger partial charge in [0.05, 0.1) is 35.5 Å². The summed E-state index contributed by atoms with van der Waals surface area (Å²) in [6.07, 6.45) is 0. The molecule has 2 aromatic rings. The Morgan fingerprint density at radius 1 is 0.613 bits per heavy atom. The maximum Gasteiger partial charge on any atom is 0.231 e. The lowest BCUT2D eigenvalue weighted by atomic mass is 9.53. The Morgan fingerprint density at radius 3 is 1.71 bits per heavy atom. The van der Waals surface area contributed by atoms with Crippen molar-refractivity contribution in [1.82, 2.24) is 0 Å². The van der Waals surface area contributed by atoms with E-state index >= 15 is 0 Å². The van der Waals surface area contributed by atoms with E-state index in [1.54, 1.807) is 35.5 Å². The Labute approximate surface area is 183 Å². The molecular weight excluding hydrogens is 400 g/mol. The molecule has 1 heterocycles. The highest BCUT2D eigenvalue weighted by molar-refractivity contribution is 5.66. The topological polar surface area (TPSA) is 64.6 Å². The highest BCUT2D eigenvalue weighted by Crippen LogP contribution is 2.63. The van der Waals surface area contributed by atoms with Crippen LogP contribution in [0, 0.1) is 11.8 Å². The first-order chi connectivity index (χ1) is 15.0. The van der Waals surface area contributed by atoms with Crippen LogP contribution in [0.4, 0.5) is 0 Å². The predicted octanol–water partition coefficient (Wildman–Crippen LogP) is 4.61. The Balaban J connectivity index is 1.86. The van der Waals surface area contributed by atoms with Crippen molar-refractivity contribution in [2.45, 2.75) is 25.7 Å². The van der Waals surface area contributed by atoms with E-state index in [-0.39, 0.29) is 18.6 Å². The summed E-state index contributed by atoms with van der Waals surface area (Å²) < 4.78 is 39.6. The molecule has 0 amide bonds. The van der Waals surface area contributed by atoms with Crippen molar-refractivity contribution < 1.29 is 33.2 Å². The van der Waals surface area contributed by atoms with E-state index in [9.17, 15) is 0 Å². The minimum Gasteiger partial charge on any atom is -0.496 e. The van der Waals surface area contributed by atoms with Gasteiger partial charge < -0.3 is 33.2 Å². The van der Waals surface area contributed by atoms with Crippen molar-refractivity contribution in [2.75, 3.05) is 42.3 Å². The average Bonchev–Trinajstić information content (AvgIpc) is 3.29. The van der Waals surface area contributed by atoms with Gasteiger partial charge in [0.2, 0.25) is 18.3 Å². The first-order valence-electron chi connectivity index (χ1n) is 10.3. The molecule has 0 spiro atoms. The zero-order valence-electron chi connectivity index (χ0n) is 19.1. The molecule has 4 atom stereocenters. The summed E-state index contributed by atoms with van der Waals surface area (Å²) in [6.45, 7) is 4.67. The first kappa shape index (κ1) is 21.3. The van der Waals surface area contributed by atoms with Crippen LogP contribution in [0.3, 0.4) is 0 Å². The van der Waals surface area contributed by atoms with E-state index in [1.807, 2.05) is 18.2 Å². The molecule has 0 radical (unpaired) electrons. The van der Waals surface area contributed by atoms with Crippen LogP contribution in [-0.2, 0) is 0 Å². The van der Waals surface area contributed by atoms with Gasteiger partial charge in [-0.2, -0.15) is 0 Å². The van der Waals surface area contributed by atoms with Gasteiger partial charge in [-0.15, -0.1) is 0 Å². The summed E-state index contributed by atoms with van der Waals surface area (Å²) in [5, 5.41) is 0. The zero-order chi connectivity index (χ0) is 22.3. The lowest BCUT2D eigenvalue weighted by molar-refractivity contribution is 0.117. The highest BCUT2D eigenvalue weighted by Gasteiger charge is 2.50. The van der Waals surface area contributed by atoms with Gasteiger partial charge in [0.25, 0.3) is 0 Å². The molecule has 0 aromatic heterocycles. The average molecular weight is 430 g/mol. The Hall–Kier alpha value is -2.96. The lowest BCUT2D eigenvalue weighted by Gasteiger charge is -2.50. The van der Waals surface area contributed by atoms with E-state index in [0.717, 1.165) is 16.9 Å². The van der Waals surface area contributed by atoms with Gasteiger partial charge in [-0.05, 0) is 35.8 Å². The molecule has 4 rings (SSSR count). The van der Waals surface area contributed by atoms with E-state index < -0.39 is 0 Å². The molecule has 7 heteroatoms. The minimum absolute atomic E-state index is 0.148. The second kappa shape index (κ2) is 8.29. The van der Waals surface area contributed by atoms with Crippen LogP contribution >= 0.6 is 0 Å². The minimum atomic E-state index is 0.148. The van der Waals surface area contributed by atoms with Crippen LogP contribution in [0.15, 0.2) is 18.2 Å². The van der Waals surface area contributed by atoms with Crippen LogP contribution in [0.25, 0.3) is 0 Å². The first-order valence-corrected chi connectivity index (χ1v) is 10.3. The van der Waals surface area contributed by atoms with Crippen molar-refractivity contribution in [1.29, 1.82) is 0 Å². The molecular formula is C24H30O7. The van der Waals surface area contributed by atoms with Crippen LogP contribution < -0.4 is 33.2 Å². The van der Waals surface area contributed by atoms with Crippen LogP contribution in [0.2, 0.25) is 0 Å².